The number of hydrogen-bond donors (Lipinski definition) is 2. The van der Waals surface area contributed by atoms with Crippen LogP contribution < -0.4 is 10.6 Å². The maximum atomic E-state index is 12.2. The van der Waals surface area contributed by atoms with E-state index in [-0.39, 0.29) is 6.09 Å². The quantitative estimate of drug-likeness (QED) is 0.897. The van der Waals surface area contributed by atoms with Gasteiger partial charge in [-0.3, -0.25) is 4.90 Å². The molecule has 0 spiro atoms. The zero-order valence-corrected chi connectivity index (χ0v) is 13.6. The summed E-state index contributed by atoms with van der Waals surface area (Å²) in [5, 5.41) is 6.78. The van der Waals surface area contributed by atoms with Crippen LogP contribution in [0.1, 0.15) is 37.5 Å². The molecule has 0 aliphatic carbocycles. The van der Waals surface area contributed by atoms with Gasteiger partial charge in [0.2, 0.25) is 0 Å². The molecule has 0 bridgehead atoms. The molecule has 0 radical (unpaired) electrons. The molecule has 2 aliphatic rings. The van der Waals surface area contributed by atoms with Gasteiger partial charge in [-0.05, 0) is 37.5 Å². The highest BCUT2D eigenvalue weighted by molar-refractivity contribution is 5.69. The van der Waals surface area contributed by atoms with Crippen molar-refractivity contribution >= 4 is 6.09 Å². The number of carbonyl (C=O) groups excluding carboxylic acids is 1. The Morgan fingerprint density at radius 2 is 2.05 bits per heavy atom. The molecule has 120 valence electrons. The van der Waals surface area contributed by atoms with Crippen LogP contribution in [0.25, 0.3) is 0 Å². The van der Waals surface area contributed by atoms with E-state index in [9.17, 15) is 4.79 Å². The first-order chi connectivity index (χ1) is 10.4. The van der Waals surface area contributed by atoms with Crippen LogP contribution in [0.4, 0.5) is 4.79 Å². The third kappa shape index (κ3) is 3.59. The first kappa shape index (κ1) is 15.3. The zero-order chi connectivity index (χ0) is 15.7. The van der Waals surface area contributed by atoms with Crippen molar-refractivity contribution in [2.45, 2.75) is 52.0 Å². The predicted molar refractivity (Wildman–Crippen MR) is 85.4 cm³/mol. The molecule has 3 rings (SSSR count). The van der Waals surface area contributed by atoms with Crippen molar-refractivity contribution in [3.8, 4) is 0 Å². The highest BCUT2D eigenvalue weighted by Crippen LogP contribution is 2.25. The Bertz CT molecular complexity index is 562. The molecule has 0 atom stereocenters. The Hall–Kier alpha value is -1.59. The average Bonchev–Trinajstić information content (AvgIpc) is 2.78. The number of nitrogens with one attached hydrogen (secondary N) is 2. The smallest absolute Gasteiger partial charge is 0.410 e. The largest absolute Gasteiger partial charge is 0.444 e. The topological polar surface area (TPSA) is 53.6 Å². The molecule has 5 nitrogen and oxygen atoms in total. The standard InChI is InChI=1S/C17H25N3O2/c1-17(2,3)22-16(21)20-10-13-5-4-12(6-14(13)11-20)7-19-15-8-18-9-15/h4-6,15,18-19H,7-11H2,1-3H3. The molecule has 5 heteroatoms. The second kappa shape index (κ2) is 5.89. The summed E-state index contributed by atoms with van der Waals surface area (Å²) < 4.78 is 5.45. The maximum absolute atomic E-state index is 12.2. The van der Waals surface area contributed by atoms with Crippen molar-refractivity contribution in [3.63, 3.8) is 0 Å². The van der Waals surface area contributed by atoms with Gasteiger partial charge in [-0.15, -0.1) is 0 Å². The van der Waals surface area contributed by atoms with Crippen molar-refractivity contribution in [2.75, 3.05) is 13.1 Å². The van der Waals surface area contributed by atoms with Gasteiger partial charge in [0.05, 0.1) is 0 Å². The SMILES string of the molecule is CC(C)(C)OC(=O)N1Cc2ccc(CNC3CNC3)cc2C1. The zero-order valence-electron chi connectivity index (χ0n) is 13.6. The summed E-state index contributed by atoms with van der Waals surface area (Å²) in [6.45, 7) is 9.96. The number of fused-ring (bicyclic) bond motifs is 1. The van der Waals surface area contributed by atoms with Gasteiger partial charge in [0.25, 0.3) is 0 Å². The van der Waals surface area contributed by atoms with Crippen molar-refractivity contribution in [3.05, 3.63) is 34.9 Å². The average molecular weight is 303 g/mol. The molecule has 2 heterocycles. The normalized spacial score (nSPS) is 18.0. The summed E-state index contributed by atoms with van der Waals surface area (Å²) in [5.41, 5.74) is 3.28. The molecule has 1 aromatic carbocycles. The van der Waals surface area contributed by atoms with Crippen LogP contribution in [-0.4, -0.2) is 35.7 Å². The lowest BCUT2D eigenvalue weighted by atomic mass is 10.1. The van der Waals surface area contributed by atoms with E-state index in [1.807, 2.05) is 20.8 Å². The number of nitrogens with zero attached hydrogens (tertiary/aromatic N) is 1. The fraction of sp³-hybridized carbons (Fsp3) is 0.588. The molecule has 0 aromatic heterocycles. The van der Waals surface area contributed by atoms with E-state index in [4.69, 9.17) is 4.74 Å². The van der Waals surface area contributed by atoms with Crippen LogP contribution in [0.3, 0.4) is 0 Å². The Morgan fingerprint density at radius 1 is 1.32 bits per heavy atom. The summed E-state index contributed by atoms with van der Waals surface area (Å²) in [7, 11) is 0. The second-order valence-corrected chi connectivity index (χ2v) is 7.18. The van der Waals surface area contributed by atoms with E-state index < -0.39 is 5.60 Å². The summed E-state index contributed by atoms with van der Waals surface area (Å²) in [6, 6.07) is 7.08. The van der Waals surface area contributed by atoms with Crippen molar-refractivity contribution in [2.24, 2.45) is 0 Å². The highest BCUT2D eigenvalue weighted by Gasteiger charge is 2.27. The molecule has 1 amide bonds. The van der Waals surface area contributed by atoms with Gasteiger partial charge in [-0.2, -0.15) is 0 Å². The van der Waals surface area contributed by atoms with Crippen molar-refractivity contribution in [1.29, 1.82) is 0 Å². The van der Waals surface area contributed by atoms with Gasteiger partial charge in [0, 0.05) is 38.8 Å². The van der Waals surface area contributed by atoms with Gasteiger partial charge >= 0.3 is 6.09 Å². The minimum Gasteiger partial charge on any atom is -0.444 e. The minimum absolute atomic E-state index is 0.232. The Labute approximate surface area is 132 Å². The number of benzene rings is 1. The molecular formula is C17H25N3O2. The van der Waals surface area contributed by atoms with Crippen LogP contribution in [0.5, 0.6) is 0 Å². The number of amides is 1. The number of hydrogen-bond acceptors (Lipinski definition) is 4. The highest BCUT2D eigenvalue weighted by atomic mass is 16.6. The number of carbonyl (C=O) groups is 1. The van der Waals surface area contributed by atoms with E-state index in [2.05, 4.69) is 28.8 Å². The van der Waals surface area contributed by atoms with E-state index in [0.717, 1.165) is 19.6 Å². The predicted octanol–water partition coefficient (Wildman–Crippen LogP) is 2.00. The first-order valence-electron chi connectivity index (χ1n) is 7.93. The number of rotatable bonds is 3. The molecule has 2 N–H and O–H groups in total. The Kier molecular flexibility index (Phi) is 4.10. The van der Waals surface area contributed by atoms with Crippen LogP contribution >= 0.6 is 0 Å². The first-order valence-corrected chi connectivity index (χ1v) is 7.93. The minimum atomic E-state index is -0.447. The third-order valence-electron chi connectivity index (χ3n) is 4.02. The summed E-state index contributed by atoms with van der Waals surface area (Å²) in [4.78, 5) is 13.9. The fourth-order valence-electron chi connectivity index (χ4n) is 2.71. The lowest BCUT2D eigenvalue weighted by Crippen LogP contribution is -2.54. The van der Waals surface area contributed by atoms with Crippen LogP contribution in [0, 0.1) is 0 Å². The van der Waals surface area contributed by atoms with E-state index >= 15 is 0 Å². The van der Waals surface area contributed by atoms with E-state index in [1.165, 1.54) is 16.7 Å². The monoisotopic (exact) mass is 303 g/mol. The van der Waals surface area contributed by atoms with Gasteiger partial charge in [-0.1, -0.05) is 18.2 Å². The molecular weight excluding hydrogens is 278 g/mol. The molecule has 2 aliphatic heterocycles. The molecule has 22 heavy (non-hydrogen) atoms. The number of ether oxygens (including phenoxy) is 1. The van der Waals surface area contributed by atoms with Gasteiger partial charge in [-0.25, -0.2) is 4.79 Å². The molecule has 1 fully saturated rings. The fourth-order valence-corrected chi connectivity index (χ4v) is 2.71. The van der Waals surface area contributed by atoms with E-state index in [1.54, 1.807) is 4.90 Å². The summed E-state index contributed by atoms with van der Waals surface area (Å²) >= 11 is 0. The summed E-state index contributed by atoms with van der Waals surface area (Å²) in [6.07, 6.45) is -0.232. The van der Waals surface area contributed by atoms with Crippen molar-refractivity contribution < 1.29 is 9.53 Å². The Balaban J connectivity index is 1.59. The second-order valence-electron chi connectivity index (χ2n) is 7.18. The summed E-state index contributed by atoms with van der Waals surface area (Å²) in [5.74, 6) is 0. The van der Waals surface area contributed by atoms with Gasteiger partial charge < -0.3 is 15.4 Å². The molecule has 0 unspecified atom stereocenters. The van der Waals surface area contributed by atoms with Gasteiger partial charge in [0.1, 0.15) is 5.60 Å². The van der Waals surface area contributed by atoms with Crippen molar-refractivity contribution in [1.82, 2.24) is 15.5 Å². The van der Waals surface area contributed by atoms with Crippen LogP contribution in [0.15, 0.2) is 18.2 Å². The Morgan fingerprint density at radius 3 is 2.68 bits per heavy atom. The van der Waals surface area contributed by atoms with Crippen LogP contribution in [0.2, 0.25) is 0 Å². The lowest BCUT2D eigenvalue weighted by molar-refractivity contribution is 0.0242. The van der Waals surface area contributed by atoms with Gasteiger partial charge in [0.15, 0.2) is 0 Å². The van der Waals surface area contributed by atoms with E-state index in [0.29, 0.717) is 19.1 Å². The van der Waals surface area contributed by atoms with Crippen LogP contribution in [-0.2, 0) is 24.4 Å². The molecule has 0 saturated carbocycles. The maximum Gasteiger partial charge on any atom is 0.410 e. The lowest BCUT2D eigenvalue weighted by Gasteiger charge is -2.28. The molecule has 1 saturated heterocycles. The third-order valence-corrected chi connectivity index (χ3v) is 4.02. The molecule has 1 aromatic rings.